The molecule has 146 valence electrons. The molecule has 3 rings (SSSR count). The number of rotatable bonds is 8. The maximum atomic E-state index is 6.44. The summed E-state index contributed by atoms with van der Waals surface area (Å²) in [7, 11) is 1.59. The third-order valence-electron chi connectivity index (χ3n) is 4.40. The molecule has 1 atom stereocenters. The second-order valence-corrected chi connectivity index (χ2v) is 7.65. The largest absolute Gasteiger partial charge is 0.493 e. The third-order valence-corrected chi connectivity index (χ3v) is 5.27. The number of hydrogen-bond acceptors (Lipinski definition) is 4. The molecule has 1 N–H and O–H groups in total. The molecule has 1 aliphatic heterocycles. The summed E-state index contributed by atoms with van der Waals surface area (Å²) in [6, 6.07) is 9.09. The summed E-state index contributed by atoms with van der Waals surface area (Å²) in [5.41, 5.74) is 1.84. The summed E-state index contributed by atoms with van der Waals surface area (Å²) in [6.07, 6.45) is 2.54. The Labute approximate surface area is 174 Å². The molecule has 0 saturated carbocycles. The summed E-state index contributed by atoms with van der Waals surface area (Å²) >= 11 is 18.6. The molecule has 1 fully saturated rings. The Morgan fingerprint density at radius 2 is 2.00 bits per heavy atom. The number of hydrogen-bond donors (Lipinski definition) is 1. The highest BCUT2D eigenvalue weighted by molar-refractivity contribution is 6.35. The molecular weight excluding hydrogens is 409 g/mol. The van der Waals surface area contributed by atoms with E-state index in [2.05, 4.69) is 5.32 Å². The molecule has 4 nitrogen and oxygen atoms in total. The van der Waals surface area contributed by atoms with Crippen LogP contribution in [0.3, 0.4) is 0 Å². The van der Waals surface area contributed by atoms with Crippen LogP contribution in [-0.4, -0.2) is 26.4 Å². The van der Waals surface area contributed by atoms with Gasteiger partial charge < -0.3 is 19.5 Å². The fourth-order valence-electron chi connectivity index (χ4n) is 2.99. The fourth-order valence-corrected chi connectivity index (χ4v) is 3.74. The van der Waals surface area contributed by atoms with Gasteiger partial charge >= 0.3 is 0 Å². The lowest BCUT2D eigenvalue weighted by Gasteiger charge is -2.16. The van der Waals surface area contributed by atoms with E-state index in [9.17, 15) is 0 Å². The van der Waals surface area contributed by atoms with Gasteiger partial charge in [-0.3, -0.25) is 0 Å². The van der Waals surface area contributed by atoms with E-state index in [-0.39, 0.29) is 6.61 Å². The van der Waals surface area contributed by atoms with Crippen molar-refractivity contribution in [3.63, 3.8) is 0 Å². The Morgan fingerprint density at radius 3 is 2.70 bits per heavy atom. The van der Waals surface area contributed by atoms with Crippen LogP contribution in [0.25, 0.3) is 0 Å². The van der Waals surface area contributed by atoms with Gasteiger partial charge in [-0.2, -0.15) is 0 Å². The molecule has 1 saturated heterocycles. The van der Waals surface area contributed by atoms with E-state index < -0.39 is 0 Å². The van der Waals surface area contributed by atoms with Crippen molar-refractivity contribution in [1.82, 2.24) is 5.32 Å². The molecule has 0 unspecified atom stereocenters. The van der Waals surface area contributed by atoms with Crippen LogP contribution in [0.4, 0.5) is 0 Å². The minimum Gasteiger partial charge on any atom is -0.493 e. The molecule has 1 heterocycles. The van der Waals surface area contributed by atoms with Gasteiger partial charge in [0.25, 0.3) is 0 Å². The molecule has 7 heteroatoms. The van der Waals surface area contributed by atoms with E-state index in [4.69, 9.17) is 49.0 Å². The van der Waals surface area contributed by atoms with Crippen molar-refractivity contribution in [3.8, 4) is 11.5 Å². The van der Waals surface area contributed by atoms with E-state index in [0.29, 0.717) is 39.2 Å². The number of ether oxygens (including phenoxy) is 3. The zero-order valence-corrected chi connectivity index (χ0v) is 17.3. The van der Waals surface area contributed by atoms with Crippen LogP contribution in [0.2, 0.25) is 15.1 Å². The first kappa shape index (κ1) is 20.6. The first-order chi connectivity index (χ1) is 13.1. The predicted molar refractivity (Wildman–Crippen MR) is 109 cm³/mol. The van der Waals surface area contributed by atoms with E-state index in [1.807, 2.05) is 18.2 Å². The van der Waals surface area contributed by atoms with Gasteiger partial charge in [-0.25, -0.2) is 0 Å². The third kappa shape index (κ3) is 5.66. The second kappa shape index (κ2) is 9.85. The average molecular weight is 431 g/mol. The Hall–Kier alpha value is -1.17. The summed E-state index contributed by atoms with van der Waals surface area (Å²) in [5.74, 6) is 1.08. The van der Waals surface area contributed by atoms with Crippen molar-refractivity contribution < 1.29 is 14.2 Å². The van der Waals surface area contributed by atoms with Crippen molar-refractivity contribution in [2.24, 2.45) is 0 Å². The van der Waals surface area contributed by atoms with Crippen LogP contribution in [-0.2, 0) is 17.9 Å². The highest BCUT2D eigenvalue weighted by atomic mass is 35.5. The van der Waals surface area contributed by atoms with Gasteiger partial charge in [-0.05, 0) is 42.7 Å². The molecule has 2 aromatic carbocycles. The lowest BCUT2D eigenvalue weighted by Crippen LogP contribution is -2.25. The van der Waals surface area contributed by atoms with E-state index in [1.165, 1.54) is 0 Å². The van der Waals surface area contributed by atoms with Crippen LogP contribution >= 0.6 is 34.8 Å². The standard InChI is InChI=1S/C20H22Cl3NO3/c1-25-19-8-13(10-24-11-16-3-2-6-26-16)7-18(23)20(19)27-12-14-4-5-15(21)9-17(14)22/h4-5,7-9,16,24H,2-3,6,10-12H2,1H3/t16-/m1/s1. The van der Waals surface area contributed by atoms with Gasteiger partial charge in [0.1, 0.15) is 6.61 Å². The highest BCUT2D eigenvalue weighted by Crippen LogP contribution is 2.37. The maximum Gasteiger partial charge on any atom is 0.180 e. The van der Waals surface area contributed by atoms with Crippen molar-refractivity contribution in [1.29, 1.82) is 0 Å². The molecule has 1 aliphatic rings. The molecule has 0 spiro atoms. The summed E-state index contributed by atoms with van der Waals surface area (Å²) < 4.78 is 17.0. The monoisotopic (exact) mass is 429 g/mol. The molecule has 0 bridgehead atoms. The second-order valence-electron chi connectivity index (χ2n) is 6.40. The van der Waals surface area contributed by atoms with E-state index in [1.54, 1.807) is 19.2 Å². The number of benzene rings is 2. The molecule has 27 heavy (non-hydrogen) atoms. The number of nitrogens with one attached hydrogen (secondary N) is 1. The topological polar surface area (TPSA) is 39.7 Å². The van der Waals surface area contributed by atoms with E-state index >= 15 is 0 Å². The van der Waals surface area contributed by atoms with Crippen LogP contribution in [0.1, 0.15) is 24.0 Å². The van der Waals surface area contributed by atoms with Crippen molar-refractivity contribution in [2.45, 2.75) is 32.1 Å². The van der Waals surface area contributed by atoms with Crippen LogP contribution in [0.5, 0.6) is 11.5 Å². The van der Waals surface area contributed by atoms with Gasteiger partial charge in [0.15, 0.2) is 11.5 Å². The Morgan fingerprint density at radius 1 is 1.15 bits per heavy atom. The summed E-state index contributed by atoms with van der Waals surface area (Å²) in [6.45, 7) is 2.63. The summed E-state index contributed by atoms with van der Waals surface area (Å²) in [5, 5.41) is 5.03. The van der Waals surface area contributed by atoms with Gasteiger partial charge in [-0.15, -0.1) is 0 Å². The van der Waals surface area contributed by atoms with Crippen molar-refractivity contribution in [3.05, 3.63) is 56.5 Å². The van der Waals surface area contributed by atoms with Crippen molar-refractivity contribution >= 4 is 34.8 Å². The SMILES string of the molecule is COc1cc(CNC[C@H]2CCCO2)cc(Cl)c1OCc1ccc(Cl)cc1Cl. The molecule has 2 aromatic rings. The zero-order valence-electron chi connectivity index (χ0n) is 15.1. The van der Waals surface area contributed by atoms with E-state index in [0.717, 1.165) is 37.1 Å². The molecule has 0 aromatic heterocycles. The minimum atomic E-state index is 0.267. The molecule has 0 radical (unpaired) electrons. The summed E-state index contributed by atoms with van der Waals surface area (Å²) in [4.78, 5) is 0. The van der Waals surface area contributed by atoms with Crippen LogP contribution in [0.15, 0.2) is 30.3 Å². The van der Waals surface area contributed by atoms with Crippen LogP contribution in [0, 0.1) is 0 Å². The van der Waals surface area contributed by atoms with Crippen LogP contribution < -0.4 is 14.8 Å². The fraction of sp³-hybridized carbons (Fsp3) is 0.400. The van der Waals surface area contributed by atoms with Gasteiger partial charge in [0.05, 0.1) is 18.2 Å². The molecule has 0 amide bonds. The van der Waals surface area contributed by atoms with Crippen molar-refractivity contribution in [2.75, 3.05) is 20.3 Å². The first-order valence-corrected chi connectivity index (χ1v) is 9.95. The predicted octanol–water partition coefficient (Wildman–Crippen LogP) is 5.50. The van der Waals surface area contributed by atoms with Gasteiger partial charge in [0, 0.05) is 35.3 Å². The molecule has 0 aliphatic carbocycles. The van der Waals surface area contributed by atoms with Gasteiger partial charge in [0.2, 0.25) is 0 Å². The average Bonchev–Trinajstić information content (AvgIpc) is 3.15. The lowest BCUT2D eigenvalue weighted by molar-refractivity contribution is 0.110. The Kier molecular flexibility index (Phi) is 7.50. The quantitative estimate of drug-likeness (QED) is 0.600. The Bertz CT molecular complexity index is 779. The number of methoxy groups -OCH3 is 1. The zero-order chi connectivity index (χ0) is 19.2. The maximum absolute atomic E-state index is 6.44. The minimum absolute atomic E-state index is 0.267. The normalized spacial score (nSPS) is 16.5. The first-order valence-electron chi connectivity index (χ1n) is 8.82. The number of halogens is 3. The molecular formula is C20H22Cl3NO3. The van der Waals surface area contributed by atoms with Gasteiger partial charge in [-0.1, -0.05) is 40.9 Å². The highest BCUT2D eigenvalue weighted by Gasteiger charge is 2.16. The Balaban J connectivity index is 1.64. The smallest absolute Gasteiger partial charge is 0.180 e. The lowest BCUT2D eigenvalue weighted by atomic mass is 10.2.